The van der Waals surface area contributed by atoms with Crippen LogP contribution < -0.4 is 0 Å². The maximum Gasteiger partial charge on any atom is 0.221 e. The number of nitrogens with one attached hydrogen (secondary N) is 1. The van der Waals surface area contributed by atoms with Crippen molar-refractivity contribution in [3.8, 4) is 0 Å². The van der Waals surface area contributed by atoms with Crippen molar-refractivity contribution >= 4 is 37.8 Å². The second kappa shape index (κ2) is 4.86. The minimum absolute atomic E-state index is 0.446. The molecule has 3 aromatic rings. The highest BCUT2D eigenvalue weighted by Crippen LogP contribution is 2.18. The number of aromatic nitrogens is 5. The number of benzene rings is 1. The Labute approximate surface area is 119 Å². The number of aromatic amines is 1. The van der Waals surface area contributed by atoms with Crippen LogP contribution in [0.5, 0.6) is 0 Å². The Morgan fingerprint density at radius 3 is 3.11 bits per heavy atom. The zero-order chi connectivity index (χ0) is 13.4. The minimum Gasteiger partial charge on any atom is -0.340 e. The zero-order valence-corrected chi connectivity index (χ0v) is 12.4. The maximum absolute atomic E-state index is 11.5. The van der Waals surface area contributed by atoms with Gasteiger partial charge in [-0.2, -0.15) is 0 Å². The monoisotopic (exact) mass is 339 g/mol. The summed E-state index contributed by atoms with van der Waals surface area (Å²) < 4.78 is 14.2. The fourth-order valence-electron chi connectivity index (χ4n) is 1.85. The smallest absolute Gasteiger partial charge is 0.221 e. The summed E-state index contributed by atoms with van der Waals surface area (Å²) in [5, 5.41) is 8.07. The molecule has 0 radical (unpaired) electrons. The van der Waals surface area contributed by atoms with Gasteiger partial charge in [-0.25, -0.2) is 4.98 Å². The summed E-state index contributed by atoms with van der Waals surface area (Å²) in [6.45, 7) is 0.466. The molecule has 8 heteroatoms. The number of fused-ring (bicyclic) bond motifs is 1. The lowest BCUT2D eigenvalue weighted by atomic mass is 10.3. The molecular weight excluding hydrogens is 330 g/mol. The third kappa shape index (κ3) is 2.45. The molecule has 0 aliphatic carbocycles. The van der Waals surface area contributed by atoms with E-state index in [0.29, 0.717) is 11.7 Å². The van der Waals surface area contributed by atoms with Gasteiger partial charge in [-0.3, -0.25) is 8.78 Å². The topological polar surface area (TPSA) is 76.5 Å². The first kappa shape index (κ1) is 12.5. The molecule has 0 bridgehead atoms. The highest BCUT2D eigenvalue weighted by molar-refractivity contribution is 9.10. The van der Waals surface area contributed by atoms with Crippen molar-refractivity contribution in [3.05, 3.63) is 34.8 Å². The molecule has 0 unspecified atom stereocenters. The van der Waals surface area contributed by atoms with Gasteiger partial charge in [-0.1, -0.05) is 15.9 Å². The summed E-state index contributed by atoms with van der Waals surface area (Å²) in [7, 11) is -1.16. The molecule has 2 aromatic heterocycles. The lowest BCUT2D eigenvalue weighted by Crippen LogP contribution is -2.06. The Balaban J connectivity index is 1.97. The van der Waals surface area contributed by atoms with Crippen LogP contribution in [-0.2, 0) is 17.3 Å². The van der Waals surface area contributed by atoms with Crippen LogP contribution in [0.2, 0.25) is 0 Å². The van der Waals surface area contributed by atoms with Crippen molar-refractivity contribution in [2.45, 2.75) is 11.7 Å². The van der Waals surface area contributed by atoms with Gasteiger partial charge in [0.1, 0.15) is 12.2 Å². The van der Waals surface area contributed by atoms with E-state index in [-0.39, 0.29) is 0 Å². The van der Waals surface area contributed by atoms with Gasteiger partial charge in [-0.05, 0) is 18.2 Å². The standard InChI is InChI=1S/C11H10BrN5OS/c1-19(18)11-16-13-6-17(11)5-10-14-8-3-2-7(12)4-9(8)15-10/h2-4,6H,5H2,1H3,(H,14,15)/t19-/m1/s1. The van der Waals surface area contributed by atoms with Crippen LogP contribution in [0.25, 0.3) is 11.0 Å². The molecular formula is C11H10BrN5OS. The molecule has 1 atom stereocenters. The average molecular weight is 340 g/mol. The molecule has 0 spiro atoms. The van der Waals surface area contributed by atoms with E-state index in [1.54, 1.807) is 17.2 Å². The zero-order valence-electron chi connectivity index (χ0n) is 10.00. The summed E-state index contributed by atoms with van der Waals surface area (Å²) in [6.07, 6.45) is 3.14. The van der Waals surface area contributed by atoms with E-state index >= 15 is 0 Å². The summed E-state index contributed by atoms with van der Waals surface area (Å²) in [4.78, 5) is 7.70. The molecule has 3 rings (SSSR count). The van der Waals surface area contributed by atoms with Crippen LogP contribution in [0.3, 0.4) is 0 Å². The highest BCUT2D eigenvalue weighted by Gasteiger charge is 2.10. The quantitative estimate of drug-likeness (QED) is 0.787. The van der Waals surface area contributed by atoms with Gasteiger partial charge in [0.2, 0.25) is 5.16 Å². The third-order valence-electron chi connectivity index (χ3n) is 2.65. The van der Waals surface area contributed by atoms with Gasteiger partial charge in [0.25, 0.3) is 0 Å². The molecule has 0 amide bonds. The van der Waals surface area contributed by atoms with Crippen molar-refractivity contribution in [1.29, 1.82) is 0 Å². The Morgan fingerprint density at radius 2 is 2.32 bits per heavy atom. The minimum atomic E-state index is -1.16. The molecule has 0 saturated heterocycles. The van der Waals surface area contributed by atoms with E-state index in [1.807, 2.05) is 18.2 Å². The van der Waals surface area contributed by atoms with Crippen LogP contribution in [0.15, 0.2) is 34.2 Å². The van der Waals surface area contributed by atoms with E-state index in [2.05, 4.69) is 36.1 Å². The number of imidazole rings is 1. The van der Waals surface area contributed by atoms with Crippen molar-refractivity contribution in [3.63, 3.8) is 0 Å². The van der Waals surface area contributed by atoms with Gasteiger partial charge in [0.15, 0.2) is 0 Å². The van der Waals surface area contributed by atoms with Crippen LogP contribution in [0.4, 0.5) is 0 Å². The lowest BCUT2D eigenvalue weighted by molar-refractivity contribution is 0.644. The molecule has 0 saturated carbocycles. The van der Waals surface area contributed by atoms with E-state index in [1.165, 1.54) is 0 Å². The molecule has 2 heterocycles. The van der Waals surface area contributed by atoms with Crippen LogP contribution in [0, 0.1) is 0 Å². The maximum atomic E-state index is 11.5. The number of hydrogen-bond acceptors (Lipinski definition) is 4. The van der Waals surface area contributed by atoms with Crippen LogP contribution >= 0.6 is 15.9 Å². The summed E-state index contributed by atoms with van der Waals surface area (Å²) in [5.41, 5.74) is 1.85. The number of nitrogens with zero attached hydrogens (tertiary/aromatic N) is 4. The van der Waals surface area contributed by atoms with E-state index in [0.717, 1.165) is 21.3 Å². The second-order valence-corrected chi connectivity index (χ2v) is 6.23. The molecule has 0 aliphatic heterocycles. The van der Waals surface area contributed by atoms with Crippen molar-refractivity contribution in [2.75, 3.05) is 6.26 Å². The fraction of sp³-hybridized carbons (Fsp3) is 0.182. The second-order valence-electron chi connectivity index (χ2n) is 4.04. The van der Waals surface area contributed by atoms with Crippen LogP contribution in [-0.4, -0.2) is 35.2 Å². The number of rotatable bonds is 3. The van der Waals surface area contributed by atoms with Gasteiger partial charge >= 0.3 is 0 Å². The molecule has 1 N–H and O–H groups in total. The first-order valence-electron chi connectivity index (χ1n) is 5.49. The molecule has 19 heavy (non-hydrogen) atoms. The third-order valence-corrected chi connectivity index (χ3v) is 3.97. The molecule has 0 fully saturated rings. The SMILES string of the molecule is C[S@@](=O)c1nncn1Cc1nc2ccc(Br)cc2[nH]1. The molecule has 1 aromatic carbocycles. The average Bonchev–Trinajstić information content (AvgIpc) is 2.95. The Bertz CT molecular complexity index is 765. The van der Waals surface area contributed by atoms with E-state index in [4.69, 9.17) is 0 Å². The van der Waals surface area contributed by atoms with Crippen LogP contribution in [0.1, 0.15) is 5.82 Å². The highest BCUT2D eigenvalue weighted by atomic mass is 79.9. The van der Waals surface area contributed by atoms with Crippen molar-refractivity contribution in [2.24, 2.45) is 0 Å². The van der Waals surface area contributed by atoms with Gasteiger partial charge < -0.3 is 4.98 Å². The van der Waals surface area contributed by atoms with Crippen molar-refractivity contribution in [1.82, 2.24) is 24.7 Å². The number of hydrogen-bond donors (Lipinski definition) is 1. The molecule has 6 nitrogen and oxygen atoms in total. The molecule has 0 aliphatic rings. The van der Waals surface area contributed by atoms with E-state index in [9.17, 15) is 4.21 Å². The number of H-pyrrole nitrogens is 1. The predicted molar refractivity (Wildman–Crippen MR) is 75.3 cm³/mol. The Morgan fingerprint density at radius 1 is 1.47 bits per heavy atom. The summed E-state index contributed by atoms with van der Waals surface area (Å²) >= 11 is 3.42. The van der Waals surface area contributed by atoms with Crippen molar-refractivity contribution < 1.29 is 4.21 Å². The lowest BCUT2D eigenvalue weighted by Gasteiger charge is -2.00. The summed E-state index contributed by atoms with van der Waals surface area (Å²) in [5.74, 6) is 0.777. The molecule has 98 valence electrons. The first-order valence-corrected chi connectivity index (χ1v) is 7.84. The number of halogens is 1. The summed E-state index contributed by atoms with van der Waals surface area (Å²) in [6, 6.07) is 5.85. The predicted octanol–water partition coefficient (Wildman–Crippen LogP) is 1.70. The van der Waals surface area contributed by atoms with E-state index < -0.39 is 10.8 Å². The largest absolute Gasteiger partial charge is 0.340 e. The van der Waals surface area contributed by atoms with Gasteiger partial charge in [0.05, 0.1) is 28.4 Å². The first-order chi connectivity index (χ1) is 9.13. The van der Waals surface area contributed by atoms with Gasteiger partial charge in [0, 0.05) is 10.7 Å². The normalized spacial score (nSPS) is 12.9. The Hall–Kier alpha value is -1.54. The Kier molecular flexibility index (Phi) is 3.19. The van der Waals surface area contributed by atoms with Gasteiger partial charge in [-0.15, -0.1) is 10.2 Å². The fourth-order valence-corrected chi connectivity index (χ4v) is 2.81.